The van der Waals surface area contributed by atoms with E-state index < -0.39 is 16.5 Å². The molecule has 1 aromatic carbocycles. The van der Waals surface area contributed by atoms with Gasteiger partial charge in [-0.05, 0) is 12.1 Å². The van der Waals surface area contributed by atoms with Crippen LogP contribution in [0.3, 0.4) is 0 Å². The Bertz CT molecular complexity index is 413. The number of hydrogen-bond acceptors (Lipinski definition) is 5. The van der Waals surface area contributed by atoms with Gasteiger partial charge in [0.05, 0.1) is 0 Å². The van der Waals surface area contributed by atoms with Gasteiger partial charge in [0.15, 0.2) is 0 Å². The van der Waals surface area contributed by atoms with Crippen molar-refractivity contribution in [3.05, 3.63) is 30.3 Å². The fourth-order valence-electron chi connectivity index (χ4n) is 0.697. The molecule has 0 aliphatic heterocycles. The van der Waals surface area contributed by atoms with Crippen molar-refractivity contribution < 1.29 is 22.1 Å². The van der Waals surface area contributed by atoms with Crippen LogP contribution in [0.2, 0.25) is 0 Å². The van der Waals surface area contributed by atoms with Crippen molar-refractivity contribution in [3.63, 3.8) is 0 Å². The van der Waals surface area contributed by atoms with Crippen LogP contribution in [0.4, 0.5) is 4.79 Å². The molecule has 0 saturated heterocycles. The van der Waals surface area contributed by atoms with E-state index in [9.17, 15) is 13.2 Å². The first-order valence-electron chi connectivity index (χ1n) is 3.46. The molecule has 0 aliphatic carbocycles. The third-order valence-electron chi connectivity index (χ3n) is 1.13. The van der Waals surface area contributed by atoms with Crippen LogP contribution in [-0.2, 0) is 14.5 Å². The molecule has 0 amide bonds. The van der Waals surface area contributed by atoms with Crippen LogP contribution in [0.15, 0.2) is 30.3 Å². The molecule has 0 saturated carbocycles. The Hall–Kier alpha value is -1.60. The van der Waals surface area contributed by atoms with Crippen molar-refractivity contribution in [1.29, 1.82) is 0 Å². The molecule has 1 aromatic rings. The zero-order valence-electron chi connectivity index (χ0n) is 6.91. The van der Waals surface area contributed by atoms with Crippen LogP contribution >= 0.6 is 0 Å². The number of rotatable bonds is 2. The van der Waals surface area contributed by atoms with Gasteiger partial charge >= 0.3 is 16.5 Å². The van der Waals surface area contributed by atoms with Gasteiger partial charge in [0.25, 0.3) is 0 Å². The molecule has 6 nitrogen and oxygen atoms in total. The first kappa shape index (κ1) is 10.5. The van der Waals surface area contributed by atoms with Gasteiger partial charge in [-0.3, -0.25) is 4.18 Å². The van der Waals surface area contributed by atoms with Crippen LogP contribution in [0.25, 0.3) is 0 Å². The maximum absolute atomic E-state index is 10.7. The maximum atomic E-state index is 10.7. The van der Waals surface area contributed by atoms with E-state index in [-0.39, 0.29) is 5.75 Å². The summed E-state index contributed by atoms with van der Waals surface area (Å²) >= 11 is 0. The van der Waals surface area contributed by atoms with E-state index in [2.05, 4.69) is 14.1 Å². The number of carbonyl (C=O) groups is 1. The van der Waals surface area contributed by atoms with Crippen molar-refractivity contribution in [2.75, 3.05) is 0 Å². The molecule has 0 bridgehead atoms. The molecule has 0 radical (unpaired) electrons. The van der Waals surface area contributed by atoms with E-state index in [0.29, 0.717) is 0 Å². The minimum atomic E-state index is -4.32. The highest BCUT2D eigenvalue weighted by atomic mass is 32.2. The predicted octanol–water partition coefficient (Wildman–Crippen LogP) is 0.405. The topological polar surface area (TPSA) is 95.7 Å². The van der Waals surface area contributed by atoms with Crippen LogP contribution in [0, 0.1) is 0 Å². The summed E-state index contributed by atoms with van der Waals surface area (Å²) in [4.78, 5) is 10.7. The number of hydrogen-bond donors (Lipinski definition) is 1. The molecule has 0 heterocycles. The number of ether oxygens (including phenoxy) is 1. The Morgan fingerprint density at radius 1 is 1.21 bits per heavy atom. The molecule has 0 unspecified atom stereocenters. The van der Waals surface area contributed by atoms with Gasteiger partial charge in [-0.2, -0.15) is 13.6 Å². The normalized spacial score (nSPS) is 10.6. The van der Waals surface area contributed by atoms with Crippen LogP contribution in [-0.4, -0.2) is 14.6 Å². The fourth-order valence-corrected chi connectivity index (χ4v) is 0.920. The molecule has 0 spiro atoms. The molecule has 0 aliphatic rings. The SMILES string of the molecule is NS(=O)(=O)OC(=O)Oc1ccccc1. The largest absolute Gasteiger partial charge is 0.530 e. The summed E-state index contributed by atoms with van der Waals surface area (Å²) in [5.74, 6) is 0.168. The molecule has 76 valence electrons. The lowest BCUT2D eigenvalue weighted by atomic mass is 10.3. The second-order valence-corrected chi connectivity index (χ2v) is 3.39. The monoisotopic (exact) mass is 217 g/mol. The Balaban J connectivity index is 2.59. The van der Waals surface area contributed by atoms with Crippen molar-refractivity contribution in [2.45, 2.75) is 0 Å². The van der Waals surface area contributed by atoms with Gasteiger partial charge in [-0.15, -0.1) is 0 Å². The van der Waals surface area contributed by atoms with Crippen LogP contribution in [0.5, 0.6) is 5.75 Å². The quantitative estimate of drug-likeness (QED) is 0.571. The standard InChI is InChI=1S/C7H7NO5S/c8-14(10,11)13-7(9)12-6-4-2-1-3-5-6/h1-5H,(H2,8,10,11). The summed E-state index contributed by atoms with van der Waals surface area (Å²) in [7, 11) is -4.32. The van der Waals surface area contributed by atoms with Gasteiger partial charge in [0.1, 0.15) is 5.75 Å². The Morgan fingerprint density at radius 3 is 2.29 bits per heavy atom. The zero-order valence-corrected chi connectivity index (χ0v) is 7.73. The lowest BCUT2D eigenvalue weighted by Gasteiger charge is -2.01. The van der Waals surface area contributed by atoms with Crippen molar-refractivity contribution >= 4 is 16.5 Å². The zero-order chi connectivity index (χ0) is 10.6. The van der Waals surface area contributed by atoms with Crippen molar-refractivity contribution in [1.82, 2.24) is 0 Å². The summed E-state index contributed by atoms with van der Waals surface area (Å²) in [5.41, 5.74) is 0. The number of para-hydroxylation sites is 1. The van der Waals surface area contributed by atoms with Crippen molar-refractivity contribution in [2.24, 2.45) is 5.14 Å². The molecule has 0 aromatic heterocycles. The smallest absolute Gasteiger partial charge is 0.394 e. The second kappa shape index (κ2) is 4.07. The summed E-state index contributed by atoms with van der Waals surface area (Å²) in [5, 5.41) is 4.44. The Morgan fingerprint density at radius 2 is 1.79 bits per heavy atom. The van der Waals surface area contributed by atoms with Gasteiger partial charge < -0.3 is 4.74 Å². The third kappa shape index (κ3) is 3.87. The van der Waals surface area contributed by atoms with Gasteiger partial charge in [0, 0.05) is 0 Å². The van der Waals surface area contributed by atoms with Crippen molar-refractivity contribution in [3.8, 4) is 5.75 Å². The summed E-state index contributed by atoms with van der Waals surface area (Å²) < 4.78 is 28.8. The highest BCUT2D eigenvalue weighted by Gasteiger charge is 2.13. The van der Waals surface area contributed by atoms with Gasteiger partial charge in [0.2, 0.25) is 0 Å². The third-order valence-corrected chi connectivity index (χ3v) is 1.50. The fraction of sp³-hybridized carbons (Fsp3) is 0. The molecule has 0 atom stereocenters. The van der Waals surface area contributed by atoms with Crippen LogP contribution < -0.4 is 9.88 Å². The van der Waals surface area contributed by atoms with E-state index in [1.165, 1.54) is 12.1 Å². The minimum Gasteiger partial charge on any atom is -0.394 e. The van der Waals surface area contributed by atoms with E-state index in [1.54, 1.807) is 18.2 Å². The van der Waals surface area contributed by atoms with E-state index in [1.807, 2.05) is 0 Å². The maximum Gasteiger partial charge on any atom is 0.530 e. The Labute approximate surface area is 80.5 Å². The molecular formula is C7H7NO5S. The van der Waals surface area contributed by atoms with Crippen LogP contribution in [0.1, 0.15) is 0 Å². The summed E-state index contributed by atoms with van der Waals surface area (Å²) in [6.07, 6.45) is -1.39. The van der Waals surface area contributed by atoms with E-state index in [4.69, 9.17) is 0 Å². The van der Waals surface area contributed by atoms with E-state index >= 15 is 0 Å². The lowest BCUT2D eigenvalue weighted by molar-refractivity contribution is 0.154. The predicted molar refractivity (Wildman–Crippen MR) is 46.7 cm³/mol. The summed E-state index contributed by atoms with van der Waals surface area (Å²) in [6, 6.07) is 7.85. The van der Waals surface area contributed by atoms with E-state index in [0.717, 1.165) is 0 Å². The molecular weight excluding hydrogens is 210 g/mol. The highest BCUT2D eigenvalue weighted by molar-refractivity contribution is 7.84. The van der Waals surface area contributed by atoms with Gasteiger partial charge in [-0.1, -0.05) is 18.2 Å². The average Bonchev–Trinajstić information content (AvgIpc) is 2.02. The number of benzene rings is 1. The molecule has 1 rings (SSSR count). The summed E-state index contributed by atoms with van der Waals surface area (Å²) in [6.45, 7) is 0. The molecule has 0 fully saturated rings. The first-order valence-corrected chi connectivity index (χ1v) is 4.93. The average molecular weight is 217 g/mol. The molecule has 7 heteroatoms. The molecule has 2 N–H and O–H groups in total. The number of nitrogens with two attached hydrogens (primary N) is 1. The Kier molecular flexibility index (Phi) is 3.05. The van der Waals surface area contributed by atoms with Gasteiger partial charge in [-0.25, -0.2) is 4.79 Å². The lowest BCUT2D eigenvalue weighted by Crippen LogP contribution is -2.22. The molecule has 14 heavy (non-hydrogen) atoms. The first-order chi connectivity index (χ1) is 6.47. The minimum absolute atomic E-state index is 0.168. The number of carbonyl (C=O) groups excluding carboxylic acids is 1. The second-order valence-electron chi connectivity index (χ2n) is 2.24. The highest BCUT2D eigenvalue weighted by Crippen LogP contribution is 2.09.